The Balaban J connectivity index is 1.29. The van der Waals surface area contributed by atoms with Gasteiger partial charge in [0.2, 0.25) is 0 Å². The van der Waals surface area contributed by atoms with E-state index in [-0.39, 0.29) is 27.6 Å². The van der Waals surface area contributed by atoms with Crippen LogP contribution in [-0.4, -0.2) is 68.8 Å². The second kappa shape index (κ2) is 10.6. The number of amides is 4. The van der Waals surface area contributed by atoms with Crippen LogP contribution >= 0.6 is 0 Å². The molecule has 224 valence electrons. The van der Waals surface area contributed by atoms with Crippen LogP contribution in [0.4, 0.5) is 10.1 Å². The maximum Gasteiger partial charge on any atom is 0.282 e. The van der Waals surface area contributed by atoms with Crippen molar-refractivity contribution in [2.75, 3.05) is 7.05 Å². The van der Waals surface area contributed by atoms with Crippen LogP contribution in [0.5, 0.6) is 0 Å². The van der Waals surface area contributed by atoms with Crippen LogP contribution < -0.4 is 5.32 Å². The van der Waals surface area contributed by atoms with E-state index in [1.807, 2.05) is 6.92 Å². The average molecular weight is 598 g/mol. The van der Waals surface area contributed by atoms with Crippen LogP contribution in [-0.2, 0) is 0 Å². The molecule has 0 radical (unpaired) electrons. The molecular weight excluding hydrogens is 569 g/mol. The second-order valence-electron chi connectivity index (χ2n) is 11.0. The molecule has 0 aromatic heterocycles. The van der Waals surface area contributed by atoms with E-state index < -0.39 is 58.6 Å². The van der Waals surface area contributed by atoms with Gasteiger partial charge in [-0.15, -0.1) is 0 Å². The SMILES string of the molecule is CCC(NC(C)N1C(=O)c2cccc3cc(F)cc(c23)C1=O)N(C)C(C)N1C(=O)c2cccc3ccc([N+](=O)[O-])c(c23)C1=O. The first-order chi connectivity index (χ1) is 21.0. The van der Waals surface area contributed by atoms with E-state index in [1.165, 1.54) is 24.3 Å². The van der Waals surface area contributed by atoms with Gasteiger partial charge in [0.25, 0.3) is 29.3 Å². The predicted molar refractivity (Wildman–Crippen MR) is 159 cm³/mol. The Morgan fingerprint density at radius 3 is 2.11 bits per heavy atom. The molecule has 12 heteroatoms. The second-order valence-corrected chi connectivity index (χ2v) is 11.0. The molecule has 0 spiro atoms. The van der Waals surface area contributed by atoms with Crippen LogP contribution in [0, 0.1) is 15.9 Å². The first-order valence-electron chi connectivity index (χ1n) is 14.1. The maximum atomic E-state index is 14.4. The fourth-order valence-corrected chi connectivity index (χ4v) is 6.36. The molecule has 2 aliphatic rings. The predicted octanol–water partition coefficient (Wildman–Crippen LogP) is 4.88. The molecule has 44 heavy (non-hydrogen) atoms. The minimum absolute atomic E-state index is 0.0811. The number of nitro groups is 1. The summed E-state index contributed by atoms with van der Waals surface area (Å²) in [6.07, 6.45) is -1.91. The van der Waals surface area contributed by atoms with Gasteiger partial charge in [0.1, 0.15) is 11.4 Å². The molecule has 2 aliphatic heterocycles. The van der Waals surface area contributed by atoms with E-state index in [9.17, 15) is 33.7 Å². The summed E-state index contributed by atoms with van der Waals surface area (Å²) in [7, 11) is 1.67. The molecule has 0 saturated heterocycles. The molecule has 0 aliphatic carbocycles. The third kappa shape index (κ3) is 4.25. The van der Waals surface area contributed by atoms with Gasteiger partial charge in [0.15, 0.2) is 0 Å². The van der Waals surface area contributed by atoms with E-state index in [2.05, 4.69) is 5.32 Å². The molecule has 1 N–H and O–H groups in total. The van der Waals surface area contributed by atoms with E-state index >= 15 is 0 Å². The average Bonchev–Trinajstić information content (AvgIpc) is 3.00. The van der Waals surface area contributed by atoms with Crippen molar-refractivity contribution in [3.05, 3.63) is 98.8 Å². The van der Waals surface area contributed by atoms with Crippen molar-refractivity contribution in [2.45, 2.75) is 45.7 Å². The van der Waals surface area contributed by atoms with Crippen molar-refractivity contribution in [1.82, 2.24) is 20.0 Å². The third-order valence-corrected chi connectivity index (χ3v) is 8.60. The number of carbonyl (C=O) groups excluding carboxylic acids is 4. The lowest BCUT2D eigenvalue weighted by atomic mass is 9.92. The summed E-state index contributed by atoms with van der Waals surface area (Å²) >= 11 is 0. The minimum atomic E-state index is -0.890. The number of halogens is 1. The summed E-state index contributed by atoms with van der Waals surface area (Å²) in [6, 6.07) is 14.9. The van der Waals surface area contributed by atoms with Gasteiger partial charge in [0, 0.05) is 28.0 Å². The molecule has 3 atom stereocenters. The van der Waals surface area contributed by atoms with Crippen LogP contribution in [0.3, 0.4) is 0 Å². The molecule has 11 nitrogen and oxygen atoms in total. The standard InChI is InChI=1S/C32H28FN5O6/c1-5-25(34-16(2)36-29(39)21-10-7-9-19-14-20(33)15-23(26(19)21)31(36)41)35(4)17(3)37-30(40)22-11-6-8-18-12-13-24(38(43)44)28(27(18)22)32(37)42/h6-17,25,34H,5H2,1-4H3. The molecule has 6 rings (SSSR count). The van der Waals surface area contributed by atoms with Gasteiger partial charge >= 0.3 is 0 Å². The Labute approximate surface area is 251 Å². The van der Waals surface area contributed by atoms with Crippen molar-refractivity contribution in [2.24, 2.45) is 0 Å². The Morgan fingerprint density at radius 1 is 0.841 bits per heavy atom. The van der Waals surface area contributed by atoms with Gasteiger partial charge in [0.05, 0.1) is 29.0 Å². The molecular formula is C32H28FN5O6. The number of nitro benzene ring substituents is 1. The first-order valence-corrected chi connectivity index (χ1v) is 14.1. The molecule has 4 aromatic carbocycles. The van der Waals surface area contributed by atoms with Gasteiger partial charge in [-0.05, 0) is 68.4 Å². The topological polar surface area (TPSA) is 133 Å². The first kappa shape index (κ1) is 29.0. The quantitative estimate of drug-likeness (QED) is 0.132. The van der Waals surface area contributed by atoms with Crippen LogP contribution in [0.2, 0.25) is 0 Å². The van der Waals surface area contributed by atoms with Crippen LogP contribution in [0.25, 0.3) is 21.5 Å². The molecule has 4 amide bonds. The van der Waals surface area contributed by atoms with Gasteiger partial charge < -0.3 is 0 Å². The maximum absolute atomic E-state index is 14.4. The molecule has 0 bridgehead atoms. The Morgan fingerprint density at radius 2 is 1.45 bits per heavy atom. The monoisotopic (exact) mass is 597 g/mol. The summed E-state index contributed by atoms with van der Waals surface area (Å²) in [5.41, 5.74) is -0.00564. The zero-order chi connectivity index (χ0) is 31.6. The lowest BCUT2D eigenvalue weighted by molar-refractivity contribution is -0.385. The Hall–Kier alpha value is -5.07. The van der Waals surface area contributed by atoms with Gasteiger partial charge in [-0.1, -0.05) is 31.2 Å². The summed E-state index contributed by atoms with van der Waals surface area (Å²) in [5.74, 6) is -3.17. The van der Waals surface area contributed by atoms with E-state index in [0.717, 1.165) is 15.9 Å². The highest BCUT2D eigenvalue weighted by atomic mass is 19.1. The van der Waals surface area contributed by atoms with Crippen molar-refractivity contribution >= 4 is 50.9 Å². The molecule has 3 unspecified atom stereocenters. The number of benzene rings is 4. The number of hydrogen-bond acceptors (Lipinski definition) is 8. The fraction of sp³-hybridized carbons (Fsp3) is 0.250. The summed E-state index contributed by atoms with van der Waals surface area (Å²) in [4.78, 5) is 69.6. The van der Waals surface area contributed by atoms with Gasteiger partial charge in [-0.2, -0.15) is 0 Å². The summed E-state index contributed by atoms with van der Waals surface area (Å²) < 4.78 is 14.4. The smallest absolute Gasteiger partial charge is 0.281 e. The van der Waals surface area contributed by atoms with Crippen LogP contribution in [0.15, 0.2) is 60.7 Å². The highest BCUT2D eigenvalue weighted by Gasteiger charge is 2.43. The highest BCUT2D eigenvalue weighted by Crippen LogP contribution is 2.37. The summed E-state index contributed by atoms with van der Waals surface area (Å²) in [5, 5.41) is 16.8. The fourth-order valence-electron chi connectivity index (χ4n) is 6.36. The van der Waals surface area contributed by atoms with Gasteiger partial charge in [-0.25, -0.2) is 4.39 Å². The lowest BCUT2D eigenvalue weighted by Gasteiger charge is -2.42. The molecule has 2 heterocycles. The molecule has 4 aromatic rings. The number of carbonyl (C=O) groups is 4. The van der Waals surface area contributed by atoms with E-state index in [4.69, 9.17) is 0 Å². The zero-order valence-electron chi connectivity index (χ0n) is 24.3. The molecule has 0 saturated carbocycles. The largest absolute Gasteiger partial charge is 0.282 e. The van der Waals surface area contributed by atoms with Crippen molar-refractivity contribution in [3.8, 4) is 0 Å². The van der Waals surface area contributed by atoms with Crippen molar-refractivity contribution < 1.29 is 28.5 Å². The third-order valence-electron chi connectivity index (χ3n) is 8.60. The van der Waals surface area contributed by atoms with E-state index in [0.29, 0.717) is 22.6 Å². The van der Waals surface area contributed by atoms with Gasteiger partial charge in [-0.3, -0.25) is 49.3 Å². The Bertz CT molecular complexity index is 1940. The lowest BCUT2D eigenvalue weighted by Crippen LogP contribution is -2.61. The number of rotatable bonds is 8. The number of hydrogen-bond donors (Lipinski definition) is 1. The Kier molecular flexibility index (Phi) is 6.98. The normalized spacial score (nSPS) is 16.7. The highest BCUT2D eigenvalue weighted by molar-refractivity contribution is 6.27. The van der Waals surface area contributed by atoms with Crippen molar-refractivity contribution in [1.29, 1.82) is 0 Å². The summed E-state index contributed by atoms with van der Waals surface area (Å²) in [6.45, 7) is 5.10. The zero-order valence-corrected chi connectivity index (χ0v) is 24.3. The number of nitrogens with zero attached hydrogens (tertiary/aromatic N) is 4. The minimum Gasteiger partial charge on any atom is -0.281 e. The number of imide groups is 2. The molecule has 0 fully saturated rings. The van der Waals surface area contributed by atoms with Crippen LogP contribution in [0.1, 0.15) is 68.6 Å². The van der Waals surface area contributed by atoms with Crippen molar-refractivity contribution in [3.63, 3.8) is 0 Å². The number of nitrogens with one attached hydrogen (secondary N) is 1. The van der Waals surface area contributed by atoms with E-state index in [1.54, 1.807) is 56.1 Å².